The van der Waals surface area contributed by atoms with Gasteiger partial charge in [0.1, 0.15) is 12.8 Å². The Hall–Kier alpha value is -1.91. The first-order valence-electron chi connectivity index (χ1n) is 5.18. The van der Waals surface area contributed by atoms with Gasteiger partial charge in [0, 0.05) is 6.07 Å². The van der Waals surface area contributed by atoms with Crippen molar-refractivity contribution in [3.8, 4) is 11.5 Å². The zero-order valence-electron chi connectivity index (χ0n) is 9.96. The van der Waals surface area contributed by atoms with E-state index in [9.17, 15) is 8.42 Å². The molecule has 0 spiro atoms. The van der Waals surface area contributed by atoms with Crippen molar-refractivity contribution in [1.29, 1.82) is 0 Å². The summed E-state index contributed by atoms with van der Waals surface area (Å²) < 4.78 is 36.8. The van der Waals surface area contributed by atoms with Crippen LogP contribution in [0.4, 0.5) is 0 Å². The van der Waals surface area contributed by atoms with E-state index < -0.39 is 10.4 Å². The van der Waals surface area contributed by atoms with E-state index in [0.717, 1.165) is 7.11 Å². The second kappa shape index (κ2) is 5.82. The van der Waals surface area contributed by atoms with Gasteiger partial charge in [-0.25, -0.2) is 4.18 Å². The fourth-order valence-electron chi connectivity index (χ4n) is 1.22. The molecule has 2 rings (SSSR count). The first kappa shape index (κ1) is 13.5. The van der Waals surface area contributed by atoms with Crippen LogP contribution in [-0.4, -0.2) is 37.4 Å². The quantitative estimate of drug-likeness (QED) is 0.643. The molecule has 10 heteroatoms. The molecule has 19 heavy (non-hydrogen) atoms. The van der Waals surface area contributed by atoms with Crippen LogP contribution < -0.4 is 4.68 Å². The smallest absolute Gasteiger partial charge is 0.334 e. The number of nitrogens with zero attached hydrogens (tertiary/aromatic N) is 4. The van der Waals surface area contributed by atoms with Gasteiger partial charge in [-0.15, -0.1) is 0 Å². The van der Waals surface area contributed by atoms with E-state index in [2.05, 4.69) is 23.6 Å². The van der Waals surface area contributed by atoms with Crippen molar-refractivity contribution < 1.29 is 26.0 Å². The summed E-state index contributed by atoms with van der Waals surface area (Å²) in [5, 5.41) is 7.54. The van der Waals surface area contributed by atoms with Gasteiger partial charge in [0.25, 0.3) is 5.89 Å². The Morgan fingerprint density at radius 2 is 2.32 bits per heavy atom. The normalized spacial score (nSPS) is 11.6. The van der Waals surface area contributed by atoms with Crippen molar-refractivity contribution in [3.63, 3.8) is 0 Å². The number of hydrogen-bond acceptors (Lipinski definition) is 8. The van der Waals surface area contributed by atoms with Gasteiger partial charge in [0.05, 0.1) is 12.7 Å². The maximum absolute atomic E-state index is 10.9. The maximum atomic E-state index is 10.9. The lowest BCUT2D eigenvalue weighted by Gasteiger charge is -1.99. The fourth-order valence-corrected chi connectivity index (χ4v) is 1.60. The van der Waals surface area contributed by atoms with Crippen molar-refractivity contribution in [3.05, 3.63) is 24.8 Å². The molecule has 102 valence electrons. The third-order valence-corrected chi connectivity index (χ3v) is 3.00. The van der Waals surface area contributed by atoms with Gasteiger partial charge in [-0.1, -0.05) is 9.84 Å². The summed E-state index contributed by atoms with van der Waals surface area (Å²) >= 11 is 0. The highest BCUT2D eigenvalue weighted by atomic mass is 32.3. The molecule has 0 aliphatic heterocycles. The largest absolute Gasteiger partial charge is 0.399 e. The van der Waals surface area contributed by atoms with Crippen LogP contribution in [0.5, 0.6) is 0 Å². The molecule has 0 aromatic carbocycles. The van der Waals surface area contributed by atoms with Gasteiger partial charge in [-0.2, -0.15) is 13.4 Å². The predicted octanol–water partition coefficient (Wildman–Crippen LogP) is -0.673. The Morgan fingerprint density at radius 3 is 2.89 bits per heavy atom. The van der Waals surface area contributed by atoms with Crippen molar-refractivity contribution in [2.45, 2.75) is 6.54 Å². The molecule has 0 bridgehead atoms. The molecule has 0 atom stereocenters. The van der Waals surface area contributed by atoms with Crippen LogP contribution in [-0.2, 0) is 25.3 Å². The molecule has 0 amide bonds. The second-order valence-corrected chi connectivity index (χ2v) is 4.71. The lowest BCUT2D eigenvalue weighted by molar-refractivity contribution is -0.754. The van der Waals surface area contributed by atoms with Crippen LogP contribution in [0.25, 0.3) is 11.5 Å². The van der Waals surface area contributed by atoms with Gasteiger partial charge >= 0.3 is 10.4 Å². The van der Waals surface area contributed by atoms with Gasteiger partial charge in [0.2, 0.25) is 0 Å². The average Bonchev–Trinajstić information content (AvgIpc) is 2.93. The van der Waals surface area contributed by atoms with Crippen LogP contribution in [0.2, 0.25) is 0 Å². The van der Waals surface area contributed by atoms with E-state index in [1.807, 2.05) is 0 Å². The van der Waals surface area contributed by atoms with Crippen LogP contribution in [0, 0.1) is 0 Å². The fraction of sp³-hybridized carbons (Fsp3) is 0.333. The Labute approximate surface area is 109 Å². The number of hydrogen-bond donors (Lipinski definition) is 0. The predicted molar refractivity (Wildman–Crippen MR) is 59.6 cm³/mol. The first-order valence-corrected chi connectivity index (χ1v) is 6.52. The molecule has 2 aromatic heterocycles. The topological polar surface area (TPSA) is 108 Å². The molecule has 0 unspecified atom stereocenters. The molecule has 2 aromatic rings. The zero-order chi connectivity index (χ0) is 13.7. The number of rotatable bonds is 6. The minimum Gasteiger partial charge on any atom is -0.334 e. The maximum Gasteiger partial charge on any atom is 0.399 e. The SMILES string of the molecule is COS(=O)(=O)OCC[n+]1ccc(-c2ncno2)cn1. The molecule has 2 heterocycles. The van der Waals surface area contributed by atoms with Crippen molar-refractivity contribution in [2.75, 3.05) is 13.7 Å². The Kier molecular flexibility index (Phi) is 4.14. The number of aromatic nitrogens is 4. The van der Waals surface area contributed by atoms with Crippen LogP contribution >= 0.6 is 0 Å². The van der Waals surface area contributed by atoms with E-state index in [-0.39, 0.29) is 13.2 Å². The van der Waals surface area contributed by atoms with Crippen molar-refractivity contribution in [1.82, 2.24) is 15.2 Å². The summed E-state index contributed by atoms with van der Waals surface area (Å²) in [7, 11) is -2.88. The van der Waals surface area contributed by atoms with Crippen LogP contribution in [0.3, 0.4) is 0 Å². The van der Waals surface area contributed by atoms with Crippen LogP contribution in [0.15, 0.2) is 29.3 Å². The Morgan fingerprint density at radius 1 is 1.47 bits per heavy atom. The molecule has 0 saturated heterocycles. The van der Waals surface area contributed by atoms with E-state index in [0.29, 0.717) is 11.5 Å². The molecular weight excluding hydrogens is 276 g/mol. The molecular formula is C9H11N4O5S+. The van der Waals surface area contributed by atoms with E-state index in [1.165, 1.54) is 17.2 Å². The third kappa shape index (κ3) is 3.77. The van der Waals surface area contributed by atoms with E-state index >= 15 is 0 Å². The minimum atomic E-state index is -3.91. The highest BCUT2D eigenvalue weighted by Gasteiger charge is 2.12. The first-order chi connectivity index (χ1) is 9.11. The summed E-state index contributed by atoms with van der Waals surface area (Å²) in [6, 6.07) is 1.71. The molecule has 0 N–H and O–H groups in total. The lowest BCUT2D eigenvalue weighted by Crippen LogP contribution is -2.39. The van der Waals surface area contributed by atoms with Crippen molar-refractivity contribution >= 4 is 10.4 Å². The van der Waals surface area contributed by atoms with Gasteiger partial charge < -0.3 is 4.52 Å². The molecule has 0 aliphatic carbocycles. The highest BCUT2D eigenvalue weighted by molar-refractivity contribution is 7.81. The van der Waals surface area contributed by atoms with E-state index in [1.54, 1.807) is 12.3 Å². The average molecular weight is 287 g/mol. The standard InChI is InChI=1S/C9H11N4O5S/c1-16-19(14,15)17-5-4-13-3-2-8(6-11-13)9-10-7-12-18-9/h2-3,6-7H,4-5H2,1H3/q+1. The summed E-state index contributed by atoms with van der Waals surface area (Å²) in [5.41, 5.74) is 0.666. The molecule has 0 aliphatic rings. The zero-order valence-corrected chi connectivity index (χ0v) is 10.8. The highest BCUT2D eigenvalue weighted by Crippen LogP contribution is 2.11. The van der Waals surface area contributed by atoms with Gasteiger partial charge in [-0.05, 0) is 5.10 Å². The molecule has 9 nitrogen and oxygen atoms in total. The molecule has 0 radical (unpaired) electrons. The summed E-state index contributed by atoms with van der Waals surface area (Å²) in [5.74, 6) is 0.359. The van der Waals surface area contributed by atoms with Crippen molar-refractivity contribution in [2.24, 2.45) is 0 Å². The van der Waals surface area contributed by atoms with Crippen LogP contribution in [0.1, 0.15) is 0 Å². The third-order valence-electron chi connectivity index (χ3n) is 2.13. The second-order valence-electron chi connectivity index (χ2n) is 3.32. The molecule has 0 fully saturated rings. The lowest BCUT2D eigenvalue weighted by atomic mass is 10.3. The summed E-state index contributed by atoms with van der Waals surface area (Å²) in [6.45, 7) is 0.181. The Balaban J connectivity index is 1.93. The minimum absolute atomic E-state index is 0.0757. The Bertz CT molecular complexity index is 611. The van der Waals surface area contributed by atoms with Gasteiger partial charge in [0.15, 0.2) is 19.1 Å². The summed E-state index contributed by atoms with van der Waals surface area (Å²) in [6.07, 6.45) is 4.46. The monoisotopic (exact) mass is 287 g/mol. The van der Waals surface area contributed by atoms with Gasteiger partial charge in [-0.3, -0.25) is 4.18 Å². The molecule has 0 saturated carbocycles. The van der Waals surface area contributed by atoms with E-state index in [4.69, 9.17) is 4.52 Å². The summed E-state index contributed by atoms with van der Waals surface area (Å²) in [4.78, 5) is 3.87.